The fourth-order valence-electron chi connectivity index (χ4n) is 2.59. The summed E-state index contributed by atoms with van der Waals surface area (Å²) in [6.45, 7) is 17.9. The van der Waals surface area contributed by atoms with E-state index in [4.69, 9.17) is 21.4 Å². The number of carbonyl (C=O) groups is 3. The van der Waals surface area contributed by atoms with Gasteiger partial charge in [0, 0.05) is 0 Å². The minimum Gasteiger partial charge on any atom is -0.454 e. The van der Waals surface area contributed by atoms with Crippen molar-refractivity contribution >= 4 is 65.4 Å². The molecule has 0 aliphatic carbocycles. The van der Waals surface area contributed by atoms with Gasteiger partial charge in [0.2, 0.25) is 5.91 Å². The summed E-state index contributed by atoms with van der Waals surface area (Å²) in [5, 5.41) is -0.606. The summed E-state index contributed by atoms with van der Waals surface area (Å²) < 4.78 is 11.9. The Balaban J connectivity index is 3.05. The van der Waals surface area contributed by atoms with Crippen molar-refractivity contribution in [2.75, 3.05) is 12.4 Å². The number of nitrogens with zero attached hydrogens (tertiary/aromatic N) is 1. The molecule has 30 heavy (non-hydrogen) atoms. The molecule has 3 atom stereocenters. The van der Waals surface area contributed by atoms with Gasteiger partial charge in [-0.05, 0) is 37.2 Å². The topological polar surface area (TPSA) is 72.9 Å². The van der Waals surface area contributed by atoms with Crippen LogP contribution in [0.5, 0.6) is 0 Å². The highest BCUT2D eigenvalue weighted by Crippen LogP contribution is 2.44. The number of thiocarbonyl (C=S) groups is 1. The molecular weight excluding hydrogens is 459 g/mol. The first kappa shape index (κ1) is 27.4. The lowest BCUT2D eigenvalue weighted by Gasteiger charge is -2.49. The number of hydrogen-bond acceptors (Lipinski definition) is 8. The third-order valence-electron chi connectivity index (χ3n) is 5.24. The molecule has 0 radical (unpaired) electrons. The van der Waals surface area contributed by atoms with Crippen molar-refractivity contribution in [2.24, 2.45) is 5.92 Å². The average molecular weight is 492 g/mol. The highest BCUT2D eigenvalue weighted by Gasteiger charge is 2.57. The van der Waals surface area contributed by atoms with E-state index in [-0.39, 0.29) is 11.6 Å². The molecule has 1 rings (SSSR count). The summed E-state index contributed by atoms with van der Waals surface area (Å²) in [6, 6.07) is 0. The third-order valence-corrected chi connectivity index (χ3v) is 12.9. The molecule has 1 aliphatic heterocycles. The fraction of sp³-hybridized carbons (Fsp3) is 0.700. The van der Waals surface area contributed by atoms with Crippen LogP contribution in [-0.2, 0) is 23.5 Å². The molecule has 0 aromatic heterocycles. The second kappa shape index (κ2) is 11.3. The van der Waals surface area contributed by atoms with Gasteiger partial charge in [0.1, 0.15) is 15.5 Å². The monoisotopic (exact) mass is 491 g/mol. The molecule has 1 aliphatic rings. The first-order valence-electron chi connectivity index (χ1n) is 9.94. The normalized spacial score (nSPS) is 20.4. The molecule has 0 saturated carbocycles. The van der Waals surface area contributed by atoms with Crippen LogP contribution in [0.15, 0.2) is 12.7 Å². The van der Waals surface area contributed by atoms with Crippen LogP contribution in [0.1, 0.15) is 41.0 Å². The predicted octanol–water partition coefficient (Wildman–Crippen LogP) is 4.60. The number of amides is 2. The van der Waals surface area contributed by atoms with Gasteiger partial charge in [-0.15, -0.1) is 11.8 Å². The molecule has 6 nitrogen and oxygen atoms in total. The first-order chi connectivity index (χ1) is 13.8. The largest absolute Gasteiger partial charge is 0.454 e. The second-order valence-electron chi connectivity index (χ2n) is 8.62. The number of β-lactam (4-membered cyclic amide) rings is 1. The third kappa shape index (κ3) is 6.66. The number of likely N-dealkylation sites (tertiary alicyclic amines) is 1. The standard InChI is InChI=1S/C20H33NO5S3Si/c1-9-11-25-18(24)16(23)21-15(22)14(17(21)29-19(27)28-12-10-2)13(3)26-30(7,8)20(4,5)6/h9,13-14,17H,1,10-12H2,2-8H3/t13-,14-,17+/m1/s1. The van der Waals surface area contributed by atoms with Crippen LogP contribution in [0, 0.1) is 5.92 Å². The zero-order valence-electron chi connectivity index (χ0n) is 18.9. The Morgan fingerprint density at radius 3 is 2.47 bits per heavy atom. The molecule has 1 heterocycles. The van der Waals surface area contributed by atoms with Crippen molar-refractivity contribution in [1.82, 2.24) is 4.90 Å². The van der Waals surface area contributed by atoms with Crippen LogP contribution in [0.25, 0.3) is 0 Å². The minimum atomic E-state index is -2.13. The molecule has 0 unspecified atom stereocenters. The summed E-state index contributed by atoms with van der Waals surface area (Å²) in [5.74, 6) is -2.18. The Kier molecular flexibility index (Phi) is 10.3. The zero-order valence-corrected chi connectivity index (χ0v) is 22.3. The maximum atomic E-state index is 12.9. The SMILES string of the molecule is C=CCOC(=O)C(=O)N1C(=O)[C@@H]([C@@H](C)O[Si](C)(C)C(C)(C)C)[C@@H]1SC(=S)SCCC. The number of rotatable bonds is 8. The van der Waals surface area contributed by atoms with Gasteiger partial charge in [-0.1, -0.05) is 64.3 Å². The van der Waals surface area contributed by atoms with E-state index >= 15 is 0 Å². The number of imide groups is 1. The Bertz CT molecular complexity index is 692. The van der Waals surface area contributed by atoms with Crippen molar-refractivity contribution in [3.63, 3.8) is 0 Å². The van der Waals surface area contributed by atoms with Crippen molar-refractivity contribution in [3.8, 4) is 0 Å². The molecular formula is C20H33NO5S3Si. The molecule has 0 spiro atoms. The number of carbonyl (C=O) groups excluding carboxylic acids is 3. The van der Waals surface area contributed by atoms with E-state index in [1.807, 2.05) is 6.92 Å². The smallest absolute Gasteiger partial charge is 0.397 e. The Morgan fingerprint density at radius 1 is 1.37 bits per heavy atom. The van der Waals surface area contributed by atoms with Crippen molar-refractivity contribution < 1.29 is 23.5 Å². The molecule has 0 aromatic carbocycles. The highest BCUT2D eigenvalue weighted by atomic mass is 32.2. The van der Waals surface area contributed by atoms with E-state index < -0.39 is 43.5 Å². The van der Waals surface area contributed by atoms with Crippen molar-refractivity contribution in [3.05, 3.63) is 12.7 Å². The number of hydrogen-bond donors (Lipinski definition) is 0. The predicted molar refractivity (Wildman–Crippen MR) is 131 cm³/mol. The lowest BCUT2D eigenvalue weighted by Crippen LogP contribution is -2.67. The van der Waals surface area contributed by atoms with Crippen LogP contribution in [0.4, 0.5) is 0 Å². The summed E-state index contributed by atoms with van der Waals surface area (Å²) in [4.78, 5) is 38.5. The summed E-state index contributed by atoms with van der Waals surface area (Å²) >= 11 is 8.20. The number of thioether (sulfide) groups is 2. The Hall–Kier alpha value is -0.683. The first-order valence-corrected chi connectivity index (χ1v) is 15.1. The second-order valence-corrected chi connectivity index (χ2v) is 16.8. The lowest BCUT2D eigenvalue weighted by atomic mass is 9.92. The van der Waals surface area contributed by atoms with Gasteiger partial charge in [0.15, 0.2) is 8.32 Å². The van der Waals surface area contributed by atoms with Gasteiger partial charge in [0.05, 0.1) is 12.0 Å². The van der Waals surface area contributed by atoms with Crippen molar-refractivity contribution in [1.29, 1.82) is 0 Å². The molecule has 2 amide bonds. The van der Waals surface area contributed by atoms with Crippen LogP contribution >= 0.6 is 35.7 Å². The van der Waals surface area contributed by atoms with Gasteiger partial charge in [-0.3, -0.25) is 14.5 Å². The van der Waals surface area contributed by atoms with Gasteiger partial charge < -0.3 is 9.16 Å². The molecule has 0 N–H and O–H groups in total. The fourth-order valence-corrected chi connectivity index (χ4v) is 6.74. The number of esters is 1. The maximum absolute atomic E-state index is 12.9. The molecule has 170 valence electrons. The molecule has 1 fully saturated rings. The molecule has 1 saturated heterocycles. The van der Waals surface area contributed by atoms with E-state index in [0.717, 1.165) is 17.1 Å². The van der Waals surface area contributed by atoms with Gasteiger partial charge >= 0.3 is 11.9 Å². The lowest BCUT2D eigenvalue weighted by molar-refractivity contribution is -0.174. The van der Waals surface area contributed by atoms with Gasteiger partial charge in [-0.2, -0.15) is 0 Å². The van der Waals surface area contributed by atoms with E-state index in [2.05, 4.69) is 47.4 Å². The van der Waals surface area contributed by atoms with Gasteiger partial charge in [0.25, 0.3) is 0 Å². The van der Waals surface area contributed by atoms with Crippen LogP contribution in [0.3, 0.4) is 0 Å². The molecule has 0 aromatic rings. The van der Waals surface area contributed by atoms with Crippen molar-refractivity contribution in [2.45, 2.75) is 70.6 Å². The summed E-state index contributed by atoms with van der Waals surface area (Å²) in [7, 11) is -2.13. The Labute approximate surface area is 195 Å². The molecule has 10 heteroatoms. The van der Waals surface area contributed by atoms with Crippen LogP contribution in [0.2, 0.25) is 18.1 Å². The van der Waals surface area contributed by atoms with Gasteiger partial charge in [-0.25, -0.2) is 4.79 Å². The van der Waals surface area contributed by atoms with E-state index in [9.17, 15) is 14.4 Å². The average Bonchev–Trinajstić information content (AvgIpc) is 2.62. The quantitative estimate of drug-likeness (QED) is 0.122. The molecule has 0 bridgehead atoms. The van der Waals surface area contributed by atoms with Crippen LogP contribution < -0.4 is 0 Å². The Morgan fingerprint density at radius 2 is 1.97 bits per heavy atom. The van der Waals surface area contributed by atoms with E-state index in [1.165, 1.54) is 29.6 Å². The maximum Gasteiger partial charge on any atom is 0.397 e. The summed E-state index contributed by atoms with van der Waals surface area (Å²) in [6.07, 6.45) is 1.92. The zero-order chi connectivity index (χ0) is 23.3. The minimum absolute atomic E-state index is 0.0209. The van der Waals surface area contributed by atoms with E-state index in [0.29, 0.717) is 3.53 Å². The highest BCUT2D eigenvalue weighted by molar-refractivity contribution is 8.47. The summed E-state index contributed by atoms with van der Waals surface area (Å²) in [5.41, 5.74) is 0. The number of ether oxygens (including phenoxy) is 1. The van der Waals surface area contributed by atoms with Crippen LogP contribution in [-0.4, -0.2) is 58.4 Å². The van der Waals surface area contributed by atoms with E-state index in [1.54, 1.807) is 0 Å².